The molecule has 0 spiro atoms. The number of hydrogen-bond acceptors (Lipinski definition) is 3. The smallest absolute Gasteiger partial charge is 0.239 e. The highest BCUT2D eigenvalue weighted by atomic mass is 35.5. The predicted octanol–water partition coefficient (Wildman–Crippen LogP) is 1.85. The Bertz CT molecular complexity index is 561. The van der Waals surface area contributed by atoms with Gasteiger partial charge in [0, 0.05) is 32.6 Å². The highest BCUT2D eigenvalue weighted by Crippen LogP contribution is 2.12. The number of carbonyl (C=O) groups is 2. The topological polar surface area (TPSA) is 52.7 Å². The maximum atomic E-state index is 12.5. The van der Waals surface area contributed by atoms with Gasteiger partial charge in [0.15, 0.2) is 0 Å². The quantitative estimate of drug-likeness (QED) is 0.886. The fourth-order valence-corrected chi connectivity index (χ4v) is 3.56. The Morgan fingerprint density at radius 1 is 1.00 bits per heavy atom. The Kier molecular flexibility index (Phi) is 7.72. The van der Waals surface area contributed by atoms with Crippen LogP contribution in [0.4, 0.5) is 0 Å². The summed E-state index contributed by atoms with van der Waals surface area (Å²) in [4.78, 5) is 28.8. The van der Waals surface area contributed by atoms with Gasteiger partial charge in [-0.05, 0) is 37.8 Å². The van der Waals surface area contributed by atoms with E-state index in [0.717, 1.165) is 45.3 Å². The molecule has 1 unspecified atom stereocenters. The number of rotatable bonds is 4. The molecule has 1 aromatic rings. The van der Waals surface area contributed by atoms with Crippen LogP contribution >= 0.6 is 12.4 Å². The molecule has 0 aromatic heterocycles. The van der Waals surface area contributed by atoms with Gasteiger partial charge in [-0.25, -0.2) is 0 Å². The summed E-state index contributed by atoms with van der Waals surface area (Å²) in [5.74, 6) is 0.415. The fourth-order valence-electron chi connectivity index (χ4n) is 3.56. The zero-order chi connectivity index (χ0) is 16.8. The van der Waals surface area contributed by atoms with E-state index >= 15 is 0 Å². The highest BCUT2D eigenvalue weighted by Gasteiger charge is 2.28. The monoisotopic (exact) mass is 365 g/mol. The largest absolute Gasteiger partial charge is 0.341 e. The van der Waals surface area contributed by atoms with Crippen molar-refractivity contribution in [1.29, 1.82) is 0 Å². The minimum Gasteiger partial charge on any atom is -0.341 e. The SMILES string of the molecule is Cl.O=C(CCc1ccccc1)N1CCCN(C(=O)C2CCCN2)CC1. The lowest BCUT2D eigenvalue weighted by Gasteiger charge is -2.24. The van der Waals surface area contributed by atoms with Gasteiger partial charge in [-0.3, -0.25) is 9.59 Å². The molecule has 2 amide bonds. The van der Waals surface area contributed by atoms with Crippen LogP contribution in [-0.4, -0.2) is 60.4 Å². The minimum absolute atomic E-state index is 0. The van der Waals surface area contributed by atoms with Gasteiger partial charge in [0.2, 0.25) is 11.8 Å². The first-order valence-corrected chi connectivity index (χ1v) is 9.08. The van der Waals surface area contributed by atoms with E-state index in [1.54, 1.807) is 0 Å². The molecule has 2 aliphatic heterocycles. The molecule has 0 aliphatic carbocycles. The zero-order valence-corrected chi connectivity index (χ0v) is 15.5. The van der Waals surface area contributed by atoms with E-state index < -0.39 is 0 Å². The molecule has 25 heavy (non-hydrogen) atoms. The van der Waals surface area contributed by atoms with Gasteiger partial charge in [0.1, 0.15) is 0 Å². The lowest BCUT2D eigenvalue weighted by molar-refractivity contribution is -0.134. The first kappa shape index (κ1) is 19.7. The van der Waals surface area contributed by atoms with E-state index in [4.69, 9.17) is 0 Å². The number of halogens is 1. The summed E-state index contributed by atoms with van der Waals surface area (Å²) in [5, 5.41) is 3.27. The molecule has 3 rings (SSSR count). The second kappa shape index (κ2) is 9.78. The summed E-state index contributed by atoms with van der Waals surface area (Å²) in [6, 6.07) is 10.1. The molecule has 0 radical (unpaired) electrons. The third kappa shape index (κ3) is 5.44. The van der Waals surface area contributed by atoms with E-state index in [9.17, 15) is 9.59 Å². The molecular formula is C19H28ClN3O2. The van der Waals surface area contributed by atoms with Crippen molar-refractivity contribution in [3.05, 3.63) is 35.9 Å². The summed E-state index contributed by atoms with van der Waals surface area (Å²) in [6.45, 7) is 3.78. The first-order chi connectivity index (χ1) is 11.7. The first-order valence-electron chi connectivity index (χ1n) is 9.08. The number of nitrogens with zero attached hydrogens (tertiary/aromatic N) is 2. The summed E-state index contributed by atoms with van der Waals surface area (Å²) >= 11 is 0. The summed E-state index contributed by atoms with van der Waals surface area (Å²) in [7, 11) is 0. The molecule has 0 bridgehead atoms. The number of carbonyl (C=O) groups excluding carboxylic acids is 2. The molecule has 2 heterocycles. The van der Waals surface area contributed by atoms with E-state index in [0.29, 0.717) is 19.5 Å². The van der Waals surface area contributed by atoms with Gasteiger partial charge in [0.05, 0.1) is 6.04 Å². The molecule has 1 N–H and O–H groups in total. The van der Waals surface area contributed by atoms with Crippen molar-refractivity contribution in [2.75, 3.05) is 32.7 Å². The second-order valence-electron chi connectivity index (χ2n) is 6.69. The maximum Gasteiger partial charge on any atom is 0.239 e. The van der Waals surface area contributed by atoms with Crippen molar-refractivity contribution >= 4 is 24.2 Å². The van der Waals surface area contributed by atoms with E-state index in [2.05, 4.69) is 17.4 Å². The Morgan fingerprint density at radius 2 is 1.72 bits per heavy atom. The van der Waals surface area contributed by atoms with E-state index in [1.807, 2.05) is 28.0 Å². The van der Waals surface area contributed by atoms with Gasteiger partial charge >= 0.3 is 0 Å². The average molecular weight is 366 g/mol. The van der Waals surface area contributed by atoms with Crippen LogP contribution in [0.3, 0.4) is 0 Å². The van der Waals surface area contributed by atoms with Crippen LogP contribution in [0, 0.1) is 0 Å². The van der Waals surface area contributed by atoms with Crippen LogP contribution in [-0.2, 0) is 16.0 Å². The van der Waals surface area contributed by atoms with Crippen LogP contribution in [0.5, 0.6) is 0 Å². The van der Waals surface area contributed by atoms with Gasteiger partial charge in [-0.2, -0.15) is 0 Å². The van der Waals surface area contributed by atoms with Gasteiger partial charge < -0.3 is 15.1 Å². The van der Waals surface area contributed by atoms with Crippen molar-refractivity contribution in [1.82, 2.24) is 15.1 Å². The van der Waals surface area contributed by atoms with Crippen LogP contribution in [0.15, 0.2) is 30.3 Å². The standard InChI is InChI=1S/C19H27N3O2.ClH/c23-18(10-9-16-6-2-1-3-7-16)21-12-5-13-22(15-14-21)19(24)17-8-4-11-20-17;/h1-3,6-7,17,20H,4-5,8-15H2;1H. The Labute approximate surface area is 156 Å². The fraction of sp³-hybridized carbons (Fsp3) is 0.579. The average Bonchev–Trinajstić information content (AvgIpc) is 3.04. The lowest BCUT2D eigenvalue weighted by Crippen LogP contribution is -2.45. The summed E-state index contributed by atoms with van der Waals surface area (Å²) in [5.41, 5.74) is 1.20. The molecular weight excluding hydrogens is 338 g/mol. The molecule has 5 nitrogen and oxygen atoms in total. The number of amides is 2. The van der Waals surface area contributed by atoms with E-state index in [1.165, 1.54) is 5.56 Å². The number of benzene rings is 1. The van der Waals surface area contributed by atoms with Crippen molar-refractivity contribution in [3.8, 4) is 0 Å². The van der Waals surface area contributed by atoms with Gasteiger partial charge in [-0.15, -0.1) is 12.4 Å². The zero-order valence-electron chi connectivity index (χ0n) is 14.7. The Morgan fingerprint density at radius 3 is 2.44 bits per heavy atom. The van der Waals surface area contributed by atoms with Gasteiger partial charge in [-0.1, -0.05) is 30.3 Å². The van der Waals surface area contributed by atoms with E-state index in [-0.39, 0.29) is 30.3 Å². The van der Waals surface area contributed by atoms with Gasteiger partial charge in [0.25, 0.3) is 0 Å². The lowest BCUT2D eigenvalue weighted by atomic mass is 10.1. The molecule has 138 valence electrons. The number of aryl methyl sites for hydroxylation is 1. The predicted molar refractivity (Wildman–Crippen MR) is 101 cm³/mol. The van der Waals surface area contributed by atoms with Crippen molar-refractivity contribution < 1.29 is 9.59 Å². The Hall–Kier alpha value is -1.59. The van der Waals surface area contributed by atoms with Crippen LogP contribution in [0.1, 0.15) is 31.2 Å². The normalized spacial score (nSPS) is 20.7. The second-order valence-corrected chi connectivity index (χ2v) is 6.69. The van der Waals surface area contributed by atoms with Crippen molar-refractivity contribution in [2.45, 2.75) is 38.1 Å². The van der Waals surface area contributed by atoms with Crippen LogP contribution in [0.25, 0.3) is 0 Å². The number of hydrogen-bond donors (Lipinski definition) is 1. The molecule has 2 aliphatic rings. The molecule has 1 aromatic carbocycles. The molecule has 2 saturated heterocycles. The third-order valence-corrected chi connectivity index (χ3v) is 4.99. The van der Waals surface area contributed by atoms with Crippen molar-refractivity contribution in [3.63, 3.8) is 0 Å². The highest BCUT2D eigenvalue weighted by molar-refractivity contribution is 5.85. The van der Waals surface area contributed by atoms with Crippen molar-refractivity contribution in [2.24, 2.45) is 0 Å². The molecule has 2 fully saturated rings. The minimum atomic E-state index is -0.00895. The van der Waals surface area contributed by atoms with Crippen LogP contribution in [0.2, 0.25) is 0 Å². The Balaban J connectivity index is 0.00000225. The molecule has 1 atom stereocenters. The maximum absolute atomic E-state index is 12.5. The third-order valence-electron chi connectivity index (χ3n) is 4.99. The molecule has 0 saturated carbocycles. The molecule has 6 heteroatoms. The number of nitrogens with one attached hydrogen (secondary N) is 1. The van der Waals surface area contributed by atoms with Crippen LogP contribution < -0.4 is 5.32 Å². The summed E-state index contributed by atoms with van der Waals surface area (Å²) < 4.78 is 0. The summed E-state index contributed by atoms with van der Waals surface area (Å²) in [6.07, 6.45) is 4.21.